The molecule has 0 bridgehead atoms. The first-order valence-electron chi connectivity index (χ1n) is 4.20. The van der Waals surface area contributed by atoms with E-state index in [1.165, 1.54) is 5.56 Å². The van der Waals surface area contributed by atoms with E-state index in [1.807, 2.05) is 30.3 Å². The molecule has 0 aromatic heterocycles. The lowest BCUT2D eigenvalue weighted by Gasteiger charge is -2.09. The molecule has 0 saturated heterocycles. The Balaban J connectivity index is 2.39. The predicted octanol–water partition coefficient (Wildman–Crippen LogP) is 1.62. The fraction of sp³-hybridized carbons (Fsp3) is 0.300. The number of benzene rings is 1. The molecule has 0 saturated carbocycles. The van der Waals surface area contributed by atoms with Crippen molar-refractivity contribution in [3.05, 3.63) is 35.9 Å². The van der Waals surface area contributed by atoms with Gasteiger partial charge in [-0.15, -0.1) is 12.6 Å². The van der Waals surface area contributed by atoms with Crippen LogP contribution in [-0.4, -0.2) is 11.2 Å². The third-order valence-corrected chi connectivity index (χ3v) is 2.21. The number of rotatable bonds is 4. The zero-order chi connectivity index (χ0) is 9.68. The Morgan fingerprint density at radius 2 is 2.08 bits per heavy atom. The van der Waals surface area contributed by atoms with Gasteiger partial charge in [-0.3, -0.25) is 4.79 Å². The third kappa shape index (κ3) is 3.61. The van der Waals surface area contributed by atoms with Gasteiger partial charge in [-0.05, 0) is 12.5 Å². The molecule has 13 heavy (non-hydrogen) atoms. The summed E-state index contributed by atoms with van der Waals surface area (Å²) < 4.78 is 0. The van der Waals surface area contributed by atoms with Crippen LogP contribution in [-0.2, 0) is 11.3 Å². The molecule has 0 aliphatic rings. The van der Waals surface area contributed by atoms with E-state index in [1.54, 1.807) is 6.92 Å². The van der Waals surface area contributed by atoms with Crippen molar-refractivity contribution in [3.63, 3.8) is 0 Å². The lowest BCUT2D eigenvalue weighted by atomic mass is 10.2. The van der Waals surface area contributed by atoms with Crippen molar-refractivity contribution in [2.75, 3.05) is 0 Å². The zero-order valence-corrected chi connectivity index (χ0v) is 8.42. The molecule has 1 aromatic rings. The van der Waals surface area contributed by atoms with Crippen LogP contribution in [0.25, 0.3) is 0 Å². The summed E-state index contributed by atoms with van der Waals surface area (Å²) in [5.74, 6) is 0. The van der Waals surface area contributed by atoms with Crippen LogP contribution < -0.4 is 5.32 Å². The first-order valence-corrected chi connectivity index (χ1v) is 4.65. The number of carbonyl (C=O) groups is 1. The summed E-state index contributed by atoms with van der Waals surface area (Å²) in [6, 6.07) is 9.76. The van der Waals surface area contributed by atoms with Gasteiger partial charge in [0.1, 0.15) is 0 Å². The molecule has 0 aliphatic heterocycles. The second-order valence-corrected chi connectivity index (χ2v) is 3.37. The van der Waals surface area contributed by atoms with Crippen molar-refractivity contribution >= 4 is 17.7 Å². The van der Waals surface area contributed by atoms with Crippen LogP contribution in [0.15, 0.2) is 30.3 Å². The van der Waals surface area contributed by atoms with E-state index in [0.717, 1.165) is 0 Å². The van der Waals surface area contributed by atoms with Gasteiger partial charge in [0.05, 0.1) is 6.04 Å². The monoisotopic (exact) mass is 195 g/mol. The maximum Gasteiger partial charge on any atom is 0.202 e. The molecule has 0 radical (unpaired) electrons. The lowest BCUT2D eigenvalue weighted by molar-refractivity contribution is -0.112. The minimum absolute atomic E-state index is 0.129. The largest absolute Gasteiger partial charge is 0.303 e. The summed E-state index contributed by atoms with van der Waals surface area (Å²) >= 11 is 3.74. The first-order chi connectivity index (χ1) is 6.20. The molecule has 3 heteroatoms. The molecule has 0 unspecified atom stereocenters. The lowest BCUT2D eigenvalue weighted by Crippen LogP contribution is -2.30. The van der Waals surface area contributed by atoms with Crippen molar-refractivity contribution in [1.29, 1.82) is 0 Å². The molecule has 1 aromatic carbocycles. The Hall–Kier alpha value is -0.800. The van der Waals surface area contributed by atoms with Crippen molar-refractivity contribution in [3.8, 4) is 0 Å². The highest BCUT2D eigenvalue weighted by atomic mass is 32.1. The van der Waals surface area contributed by atoms with Gasteiger partial charge in [-0.1, -0.05) is 30.3 Å². The van der Waals surface area contributed by atoms with Gasteiger partial charge >= 0.3 is 0 Å². The molecular formula is C10H13NOS. The number of thiol groups is 1. The first kappa shape index (κ1) is 10.3. The fourth-order valence-electron chi connectivity index (χ4n) is 0.954. The minimum Gasteiger partial charge on any atom is -0.303 e. The van der Waals surface area contributed by atoms with E-state index in [4.69, 9.17) is 0 Å². The van der Waals surface area contributed by atoms with Crippen LogP contribution in [0, 0.1) is 0 Å². The van der Waals surface area contributed by atoms with Gasteiger partial charge in [-0.2, -0.15) is 0 Å². The van der Waals surface area contributed by atoms with E-state index in [9.17, 15) is 4.79 Å². The Morgan fingerprint density at radius 1 is 1.46 bits per heavy atom. The van der Waals surface area contributed by atoms with Gasteiger partial charge in [0, 0.05) is 6.54 Å². The summed E-state index contributed by atoms with van der Waals surface area (Å²) in [6.45, 7) is 2.51. The topological polar surface area (TPSA) is 29.1 Å². The van der Waals surface area contributed by atoms with Crippen molar-refractivity contribution in [2.24, 2.45) is 0 Å². The Bertz CT molecular complexity index is 274. The van der Waals surface area contributed by atoms with Gasteiger partial charge in [0.15, 0.2) is 0 Å². The molecule has 0 heterocycles. The van der Waals surface area contributed by atoms with Gasteiger partial charge in [0.2, 0.25) is 5.12 Å². The van der Waals surface area contributed by atoms with Crippen molar-refractivity contribution in [2.45, 2.75) is 19.5 Å². The average Bonchev–Trinajstić information content (AvgIpc) is 2.15. The maximum absolute atomic E-state index is 10.8. The summed E-state index contributed by atoms with van der Waals surface area (Å²) in [7, 11) is 0. The second-order valence-electron chi connectivity index (χ2n) is 2.93. The van der Waals surface area contributed by atoms with Crippen LogP contribution in [0.4, 0.5) is 0 Å². The summed E-state index contributed by atoms with van der Waals surface area (Å²) in [5, 5.41) is 2.94. The molecular weight excluding hydrogens is 182 g/mol. The highest BCUT2D eigenvalue weighted by Crippen LogP contribution is 1.98. The van der Waals surface area contributed by atoms with Crippen LogP contribution in [0.5, 0.6) is 0 Å². The van der Waals surface area contributed by atoms with E-state index < -0.39 is 0 Å². The molecule has 0 spiro atoms. The molecule has 0 amide bonds. The maximum atomic E-state index is 10.8. The van der Waals surface area contributed by atoms with Crippen molar-refractivity contribution < 1.29 is 4.79 Å². The smallest absolute Gasteiger partial charge is 0.202 e. The SMILES string of the molecule is C[C@H](NCc1ccccc1)C(=O)S. The normalized spacial score (nSPS) is 12.5. The van der Waals surface area contributed by atoms with Crippen LogP contribution >= 0.6 is 12.6 Å². The predicted molar refractivity (Wildman–Crippen MR) is 56.7 cm³/mol. The number of hydrogen-bond donors (Lipinski definition) is 2. The van der Waals surface area contributed by atoms with Gasteiger partial charge in [0.25, 0.3) is 0 Å². The zero-order valence-electron chi connectivity index (χ0n) is 7.53. The summed E-state index contributed by atoms with van der Waals surface area (Å²) in [6.07, 6.45) is 0. The molecule has 0 aliphatic carbocycles. The molecule has 1 N–H and O–H groups in total. The van der Waals surface area contributed by atoms with Crippen LogP contribution in [0.1, 0.15) is 12.5 Å². The fourth-order valence-corrected chi connectivity index (χ4v) is 1.05. The molecule has 0 fully saturated rings. The van der Waals surface area contributed by atoms with E-state index >= 15 is 0 Å². The minimum atomic E-state index is -0.191. The van der Waals surface area contributed by atoms with Crippen LogP contribution in [0.2, 0.25) is 0 Å². The van der Waals surface area contributed by atoms with E-state index in [-0.39, 0.29) is 11.2 Å². The highest BCUT2D eigenvalue weighted by molar-refractivity contribution is 7.96. The molecule has 70 valence electrons. The summed E-state index contributed by atoms with van der Waals surface area (Å²) in [5.41, 5.74) is 1.17. The molecule has 1 atom stereocenters. The molecule has 2 nitrogen and oxygen atoms in total. The van der Waals surface area contributed by atoms with Gasteiger partial charge in [-0.25, -0.2) is 0 Å². The number of carbonyl (C=O) groups excluding carboxylic acids is 1. The second kappa shape index (κ2) is 5.04. The summed E-state index contributed by atoms with van der Waals surface area (Å²) in [4.78, 5) is 10.8. The van der Waals surface area contributed by atoms with E-state index in [2.05, 4.69) is 17.9 Å². The Kier molecular flexibility index (Phi) is 3.99. The number of nitrogens with one attached hydrogen (secondary N) is 1. The Labute approximate surface area is 83.8 Å². The van der Waals surface area contributed by atoms with Gasteiger partial charge < -0.3 is 5.32 Å². The standard InChI is InChI=1S/C10H13NOS/c1-8(10(12)13)11-7-9-5-3-2-4-6-9/h2-6,8,11H,7H2,1H3,(H,12,13)/t8-/m0/s1. The average molecular weight is 195 g/mol. The highest BCUT2D eigenvalue weighted by Gasteiger charge is 2.06. The third-order valence-electron chi connectivity index (χ3n) is 1.83. The van der Waals surface area contributed by atoms with E-state index in [0.29, 0.717) is 6.54 Å². The quantitative estimate of drug-likeness (QED) is 0.715. The van der Waals surface area contributed by atoms with Crippen LogP contribution in [0.3, 0.4) is 0 Å². The Morgan fingerprint density at radius 3 is 2.62 bits per heavy atom. The number of hydrogen-bond acceptors (Lipinski definition) is 2. The van der Waals surface area contributed by atoms with Crippen molar-refractivity contribution in [1.82, 2.24) is 5.32 Å². The molecule has 1 rings (SSSR count).